The molecular formula is C17H15NO3. The van der Waals surface area contributed by atoms with Crippen LogP contribution in [-0.2, 0) is 18.0 Å². The zero-order valence-corrected chi connectivity index (χ0v) is 11.4. The van der Waals surface area contributed by atoms with E-state index in [9.17, 15) is 9.90 Å². The molecule has 1 aromatic heterocycles. The topological polar surface area (TPSA) is 62.3 Å². The highest BCUT2D eigenvalue weighted by Crippen LogP contribution is 2.23. The molecule has 0 radical (unpaired) electrons. The monoisotopic (exact) mass is 281 g/mol. The molecule has 0 aliphatic carbocycles. The number of benzene rings is 2. The number of para-hydroxylation sites is 1. The summed E-state index contributed by atoms with van der Waals surface area (Å²) in [5.74, 6) is -0.968. The molecule has 0 unspecified atom stereocenters. The number of hydrogen-bond donors (Lipinski definition) is 2. The van der Waals surface area contributed by atoms with Gasteiger partial charge in [0.15, 0.2) is 0 Å². The summed E-state index contributed by atoms with van der Waals surface area (Å²) in [6, 6.07) is 17.3. The number of fused-ring (bicyclic) bond motifs is 1. The Morgan fingerprint density at radius 1 is 1.00 bits per heavy atom. The first kappa shape index (κ1) is 13.4. The van der Waals surface area contributed by atoms with Crippen molar-refractivity contribution in [3.8, 4) is 0 Å². The summed E-state index contributed by atoms with van der Waals surface area (Å²) in [7, 11) is 0. The fraction of sp³-hybridized carbons (Fsp3) is 0.118. The quantitative estimate of drug-likeness (QED) is 0.751. The van der Waals surface area contributed by atoms with Crippen molar-refractivity contribution in [3.05, 3.63) is 71.4 Å². The van der Waals surface area contributed by atoms with Gasteiger partial charge in [-0.25, -0.2) is 4.79 Å². The molecule has 0 bridgehead atoms. The number of ether oxygens (including phenoxy) is 1. The molecule has 0 amide bonds. The van der Waals surface area contributed by atoms with Gasteiger partial charge in [-0.15, -0.1) is 0 Å². The van der Waals surface area contributed by atoms with E-state index in [4.69, 9.17) is 4.74 Å². The number of aromatic carboxylic acids is 1. The highest BCUT2D eigenvalue weighted by atomic mass is 16.5. The van der Waals surface area contributed by atoms with Crippen LogP contribution < -0.4 is 0 Å². The first-order chi connectivity index (χ1) is 10.3. The van der Waals surface area contributed by atoms with Crippen LogP contribution in [-0.4, -0.2) is 16.1 Å². The number of nitrogens with one attached hydrogen (secondary N) is 1. The summed E-state index contributed by atoms with van der Waals surface area (Å²) in [4.78, 5) is 14.3. The van der Waals surface area contributed by atoms with Gasteiger partial charge in [0.1, 0.15) is 5.69 Å². The molecule has 0 spiro atoms. The Labute approximate surface area is 122 Å². The van der Waals surface area contributed by atoms with E-state index in [1.165, 1.54) is 0 Å². The third-order valence-electron chi connectivity index (χ3n) is 3.39. The third kappa shape index (κ3) is 2.80. The lowest BCUT2D eigenvalue weighted by Gasteiger charge is -2.05. The van der Waals surface area contributed by atoms with Crippen molar-refractivity contribution in [3.63, 3.8) is 0 Å². The van der Waals surface area contributed by atoms with E-state index in [1.807, 2.05) is 54.6 Å². The third-order valence-corrected chi connectivity index (χ3v) is 3.39. The predicted molar refractivity (Wildman–Crippen MR) is 80.2 cm³/mol. The Bertz CT molecular complexity index is 762. The number of carbonyl (C=O) groups is 1. The molecular weight excluding hydrogens is 266 g/mol. The maximum absolute atomic E-state index is 11.3. The Balaban J connectivity index is 1.82. The van der Waals surface area contributed by atoms with Crippen LogP contribution in [0.2, 0.25) is 0 Å². The summed E-state index contributed by atoms with van der Waals surface area (Å²) in [6.45, 7) is 0.722. The molecule has 3 aromatic rings. The average molecular weight is 281 g/mol. The van der Waals surface area contributed by atoms with Gasteiger partial charge in [0.25, 0.3) is 0 Å². The number of H-pyrrole nitrogens is 1. The number of aromatic amines is 1. The van der Waals surface area contributed by atoms with Gasteiger partial charge in [0.2, 0.25) is 0 Å². The van der Waals surface area contributed by atoms with Crippen molar-refractivity contribution < 1.29 is 14.6 Å². The van der Waals surface area contributed by atoms with Gasteiger partial charge < -0.3 is 14.8 Å². The second-order valence-corrected chi connectivity index (χ2v) is 4.81. The van der Waals surface area contributed by atoms with Crippen molar-refractivity contribution >= 4 is 16.9 Å². The number of aromatic nitrogens is 1. The minimum atomic E-state index is -0.968. The lowest BCUT2D eigenvalue weighted by atomic mass is 10.1. The second kappa shape index (κ2) is 5.81. The molecule has 4 heteroatoms. The molecule has 0 aliphatic rings. The molecule has 0 saturated carbocycles. The van der Waals surface area contributed by atoms with Crippen LogP contribution in [0.5, 0.6) is 0 Å². The molecule has 0 atom stereocenters. The highest BCUT2D eigenvalue weighted by molar-refractivity contribution is 5.97. The van der Waals surface area contributed by atoms with Gasteiger partial charge in [0, 0.05) is 16.5 Å². The SMILES string of the molecule is O=C(O)c1[nH]c2ccccc2c1COCc1ccccc1. The van der Waals surface area contributed by atoms with E-state index < -0.39 is 5.97 Å². The molecule has 0 saturated heterocycles. The standard InChI is InChI=1S/C17H15NO3/c19-17(20)16-14(13-8-4-5-9-15(13)18-16)11-21-10-12-6-2-1-3-7-12/h1-9,18H,10-11H2,(H,19,20). The zero-order valence-electron chi connectivity index (χ0n) is 11.4. The maximum Gasteiger partial charge on any atom is 0.352 e. The summed E-state index contributed by atoms with van der Waals surface area (Å²) in [6.07, 6.45) is 0. The lowest BCUT2D eigenvalue weighted by molar-refractivity contribution is 0.0679. The van der Waals surface area contributed by atoms with Gasteiger partial charge in [-0.2, -0.15) is 0 Å². The first-order valence-electron chi connectivity index (χ1n) is 6.70. The molecule has 106 valence electrons. The van der Waals surface area contributed by atoms with Crippen molar-refractivity contribution in [1.29, 1.82) is 0 Å². The van der Waals surface area contributed by atoms with Crippen LogP contribution in [0.1, 0.15) is 21.6 Å². The van der Waals surface area contributed by atoms with Crippen LogP contribution in [0.25, 0.3) is 10.9 Å². The first-order valence-corrected chi connectivity index (χ1v) is 6.70. The van der Waals surface area contributed by atoms with E-state index in [-0.39, 0.29) is 12.3 Å². The van der Waals surface area contributed by atoms with Gasteiger partial charge in [-0.1, -0.05) is 48.5 Å². The van der Waals surface area contributed by atoms with Crippen molar-refractivity contribution in [2.75, 3.05) is 0 Å². The van der Waals surface area contributed by atoms with Crippen LogP contribution in [0, 0.1) is 0 Å². The number of carboxylic acids is 1. The molecule has 2 aromatic carbocycles. The Morgan fingerprint density at radius 3 is 2.48 bits per heavy atom. The number of rotatable bonds is 5. The highest BCUT2D eigenvalue weighted by Gasteiger charge is 2.16. The summed E-state index contributed by atoms with van der Waals surface area (Å²) < 4.78 is 5.68. The molecule has 4 nitrogen and oxygen atoms in total. The van der Waals surface area contributed by atoms with Gasteiger partial charge >= 0.3 is 5.97 Å². The van der Waals surface area contributed by atoms with E-state index in [0.29, 0.717) is 12.2 Å². The van der Waals surface area contributed by atoms with Gasteiger partial charge in [0.05, 0.1) is 13.2 Å². The van der Waals surface area contributed by atoms with Crippen molar-refractivity contribution in [2.24, 2.45) is 0 Å². The average Bonchev–Trinajstić information content (AvgIpc) is 2.88. The lowest BCUT2D eigenvalue weighted by Crippen LogP contribution is -2.03. The smallest absolute Gasteiger partial charge is 0.352 e. The van der Waals surface area contributed by atoms with Crippen LogP contribution >= 0.6 is 0 Å². The predicted octanol–water partition coefficient (Wildman–Crippen LogP) is 3.58. The summed E-state index contributed by atoms with van der Waals surface area (Å²) in [5.41, 5.74) is 2.76. The molecule has 0 aliphatic heterocycles. The fourth-order valence-corrected chi connectivity index (χ4v) is 2.38. The van der Waals surface area contributed by atoms with Crippen LogP contribution in [0.4, 0.5) is 0 Å². The van der Waals surface area contributed by atoms with E-state index in [0.717, 1.165) is 16.5 Å². The van der Waals surface area contributed by atoms with E-state index in [1.54, 1.807) is 0 Å². The molecule has 2 N–H and O–H groups in total. The maximum atomic E-state index is 11.3. The fourth-order valence-electron chi connectivity index (χ4n) is 2.38. The molecule has 3 rings (SSSR count). The number of carboxylic acid groups (broad SMARTS) is 1. The van der Waals surface area contributed by atoms with Gasteiger partial charge in [-0.05, 0) is 11.6 Å². The summed E-state index contributed by atoms with van der Waals surface area (Å²) >= 11 is 0. The Hall–Kier alpha value is -2.59. The largest absolute Gasteiger partial charge is 0.477 e. The van der Waals surface area contributed by atoms with Crippen molar-refractivity contribution in [2.45, 2.75) is 13.2 Å². The Morgan fingerprint density at radius 2 is 1.71 bits per heavy atom. The molecule has 0 fully saturated rings. The van der Waals surface area contributed by atoms with Crippen molar-refractivity contribution in [1.82, 2.24) is 4.98 Å². The Kier molecular flexibility index (Phi) is 3.71. The molecule has 21 heavy (non-hydrogen) atoms. The van der Waals surface area contributed by atoms with E-state index >= 15 is 0 Å². The second-order valence-electron chi connectivity index (χ2n) is 4.81. The minimum absolute atomic E-state index is 0.198. The normalized spacial score (nSPS) is 10.9. The molecule has 1 heterocycles. The van der Waals surface area contributed by atoms with Crippen LogP contribution in [0.3, 0.4) is 0 Å². The van der Waals surface area contributed by atoms with E-state index in [2.05, 4.69) is 4.98 Å². The summed E-state index contributed by atoms with van der Waals surface area (Å²) in [5, 5.41) is 10.2. The van der Waals surface area contributed by atoms with Crippen LogP contribution in [0.15, 0.2) is 54.6 Å². The number of hydrogen-bond acceptors (Lipinski definition) is 2. The van der Waals surface area contributed by atoms with Gasteiger partial charge in [-0.3, -0.25) is 0 Å². The zero-order chi connectivity index (χ0) is 14.7. The minimum Gasteiger partial charge on any atom is -0.477 e.